The third-order valence-electron chi connectivity index (χ3n) is 2.13. The molecule has 0 spiro atoms. The molecule has 1 heterocycles. The average Bonchev–Trinajstić information content (AvgIpc) is 2.17. The minimum absolute atomic E-state index is 0.529. The molecule has 1 unspecified atom stereocenters. The van der Waals surface area contributed by atoms with E-state index in [9.17, 15) is 0 Å². The minimum atomic E-state index is 0.529. The lowest BCUT2D eigenvalue weighted by Gasteiger charge is -2.12. The molecule has 0 aliphatic rings. The second-order valence-electron chi connectivity index (χ2n) is 3.75. The summed E-state index contributed by atoms with van der Waals surface area (Å²) in [5.41, 5.74) is 6.34. The van der Waals surface area contributed by atoms with Crippen molar-refractivity contribution >= 4 is 21.6 Å². The van der Waals surface area contributed by atoms with Gasteiger partial charge in [-0.2, -0.15) is 0 Å². The zero-order valence-electron chi connectivity index (χ0n) is 9.16. The normalized spacial score (nSPS) is 12.5. The second-order valence-corrected chi connectivity index (χ2v) is 4.67. The molecular formula is C11H17BrN2O. The summed E-state index contributed by atoms with van der Waals surface area (Å²) in [6, 6.07) is 1.80. The predicted molar refractivity (Wildman–Crippen MR) is 65.9 cm³/mol. The molecule has 2 N–H and O–H groups in total. The molecule has 84 valence electrons. The van der Waals surface area contributed by atoms with Gasteiger partial charge in [-0.15, -0.1) is 0 Å². The van der Waals surface area contributed by atoms with Crippen molar-refractivity contribution in [2.45, 2.75) is 26.7 Å². The Balaban J connectivity index is 2.50. The zero-order valence-corrected chi connectivity index (χ0v) is 10.8. The third kappa shape index (κ3) is 4.08. The predicted octanol–water partition coefficient (Wildman–Crippen LogP) is 3.24. The van der Waals surface area contributed by atoms with Crippen LogP contribution < -0.4 is 10.5 Å². The van der Waals surface area contributed by atoms with Crippen molar-refractivity contribution in [2.24, 2.45) is 5.92 Å². The van der Waals surface area contributed by atoms with Gasteiger partial charge in [-0.25, -0.2) is 4.98 Å². The summed E-state index contributed by atoms with van der Waals surface area (Å²) in [5.74, 6) is 1.07. The SMILES string of the molecule is CCCC(C)COc1ncc(Br)cc1N. The first kappa shape index (κ1) is 12.3. The Hall–Kier alpha value is -0.770. The molecule has 1 atom stereocenters. The Morgan fingerprint density at radius 3 is 2.93 bits per heavy atom. The second kappa shape index (κ2) is 5.95. The largest absolute Gasteiger partial charge is 0.476 e. The number of anilines is 1. The summed E-state index contributed by atoms with van der Waals surface area (Å²) in [6.45, 7) is 5.01. The number of nitrogens with zero attached hydrogens (tertiary/aromatic N) is 1. The summed E-state index contributed by atoms with van der Waals surface area (Å²) in [6.07, 6.45) is 4.03. The molecule has 0 saturated heterocycles. The van der Waals surface area contributed by atoms with Crippen LogP contribution in [0.25, 0.3) is 0 Å². The zero-order chi connectivity index (χ0) is 11.3. The van der Waals surface area contributed by atoms with E-state index in [4.69, 9.17) is 10.5 Å². The van der Waals surface area contributed by atoms with Crippen LogP contribution >= 0.6 is 15.9 Å². The molecule has 1 rings (SSSR count). The molecule has 0 aliphatic carbocycles. The topological polar surface area (TPSA) is 48.1 Å². The van der Waals surface area contributed by atoms with Crippen molar-refractivity contribution in [3.63, 3.8) is 0 Å². The third-order valence-corrected chi connectivity index (χ3v) is 2.57. The maximum absolute atomic E-state index is 5.76. The fraction of sp³-hybridized carbons (Fsp3) is 0.545. The molecule has 0 fully saturated rings. The molecule has 1 aromatic rings. The van der Waals surface area contributed by atoms with Crippen LogP contribution in [0.3, 0.4) is 0 Å². The quantitative estimate of drug-likeness (QED) is 0.895. The fourth-order valence-corrected chi connectivity index (χ4v) is 1.71. The van der Waals surface area contributed by atoms with Gasteiger partial charge in [-0.1, -0.05) is 20.3 Å². The summed E-state index contributed by atoms with van der Waals surface area (Å²) >= 11 is 3.30. The van der Waals surface area contributed by atoms with Crippen LogP contribution in [-0.2, 0) is 0 Å². The van der Waals surface area contributed by atoms with E-state index in [-0.39, 0.29) is 0 Å². The Morgan fingerprint density at radius 1 is 1.60 bits per heavy atom. The van der Waals surface area contributed by atoms with E-state index in [1.807, 2.05) is 0 Å². The van der Waals surface area contributed by atoms with Crippen molar-refractivity contribution in [3.05, 3.63) is 16.7 Å². The van der Waals surface area contributed by atoms with Crippen LogP contribution in [0.2, 0.25) is 0 Å². The highest BCUT2D eigenvalue weighted by atomic mass is 79.9. The molecule has 0 saturated carbocycles. The average molecular weight is 273 g/mol. The van der Waals surface area contributed by atoms with Crippen LogP contribution in [0, 0.1) is 5.92 Å². The van der Waals surface area contributed by atoms with Gasteiger partial charge in [-0.05, 0) is 34.3 Å². The standard InChI is InChI=1S/C11H17BrN2O/c1-3-4-8(2)7-15-11-10(13)5-9(12)6-14-11/h5-6,8H,3-4,7,13H2,1-2H3. The number of aromatic nitrogens is 1. The number of hydrogen-bond acceptors (Lipinski definition) is 3. The summed E-state index contributed by atoms with van der Waals surface area (Å²) in [5, 5.41) is 0. The van der Waals surface area contributed by atoms with Gasteiger partial charge < -0.3 is 10.5 Å². The van der Waals surface area contributed by atoms with Crippen LogP contribution in [0.15, 0.2) is 16.7 Å². The number of halogens is 1. The minimum Gasteiger partial charge on any atom is -0.476 e. The Bertz CT molecular complexity index is 317. The highest BCUT2D eigenvalue weighted by molar-refractivity contribution is 9.10. The van der Waals surface area contributed by atoms with Gasteiger partial charge in [0.1, 0.15) is 0 Å². The van der Waals surface area contributed by atoms with Gasteiger partial charge in [0.15, 0.2) is 0 Å². The Kier molecular flexibility index (Phi) is 4.88. The summed E-state index contributed by atoms with van der Waals surface area (Å²) in [7, 11) is 0. The molecule has 4 heteroatoms. The van der Waals surface area contributed by atoms with E-state index < -0.39 is 0 Å². The lowest BCUT2D eigenvalue weighted by Crippen LogP contribution is -2.10. The molecule has 0 bridgehead atoms. The fourth-order valence-electron chi connectivity index (χ4n) is 1.36. The van der Waals surface area contributed by atoms with Crippen LogP contribution in [-0.4, -0.2) is 11.6 Å². The maximum Gasteiger partial charge on any atom is 0.237 e. The van der Waals surface area contributed by atoms with Crippen molar-refractivity contribution < 1.29 is 4.74 Å². The van der Waals surface area contributed by atoms with Crippen LogP contribution in [0.4, 0.5) is 5.69 Å². The molecular weight excluding hydrogens is 256 g/mol. The molecule has 3 nitrogen and oxygen atoms in total. The number of nitrogens with two attached hydrogens (primary N) is 1. The van der Waals surface area contributed by atoms with E-state index in [0.29, 0.717) is 24.1 Å². The summed E-state index contributed by atoms with van der Waals surface area (Å²) < 4.78 is 6.42. The lowest BCUT2D eigenvalue weighted by molar-refractivity contribution is 0.244. The smallest absolute Gasteiger partial charge is 0.237 e. The van der Waals surface area contributed by atoms with Gasteiger partial charge in [0.05, 0.1) is 12.3 Å². The number of pyridine rings is 1. The van der Waals surface area contributed by atoms with Crippen molar-refractivity contribution in [3.8, 4) is 5.88 Å². The van der Waals surface area contributed by atoms with Crippen molar-refractivity contribution in [2.75, 3.05) is 12.3 Å². The van der Waals surface area contributed by atoms with Gasteiger partial charge >= 0.3 is 0 Å². The molecule has 0 aliphatic heterocycles. The molecule has 0 radical (unpaired) electrons. The Morgan fingerprint density at radius 2 is 2.33 bits per heavy atom. The van der Waals surface area contributed by atoms with Crippen molar-refractivity contribution in [1.29, 1.82) is 0 Å². The van der Waals surface area contributed by atoms with Crippen LogP contribution in [0.5, 0.6) is 5.88 Å². The van der Waals surface area contributed by atoms with Gasteiger partial charge in [0.2, 0.25) is 5.88 Å². The van der Waals surface area contributed by atoms with E-state index in [2.05, 4.69) is 34.8 Å². The van der Waals surface area contributed by atoms with Gasteiger partial charge in [-0.3, -0.25) is 0 Å². The van der Waals surface area contributed by atoms with Crippen LogP contribution in [0.1, 0.15) is 26.7 Å². The van der Waals surface area contributed by atoms with E-state index >= 15 is 0 Å². The molecule has 15 heavy (non-hydrogen) atoms. The highest BCUT2D eigenvalue weighted by Crippen LogP contribution is 2.22. The molecule has 1 aromatic heterocycles. The maximum atomic E-state index is 5.76. The first-order valence-electron chi connectivity index (χ1n) is 5.17. The molecule has 0 amide bonds. The highest BCUT2D eigenvalue weighted by Gasteiger charge is 2.06. The Labute approximate surface area is 99.2 Å². The lowest BCUT2D eigenvalue weighted by atomic mass is 10.1. The van der Waals surface area contributed by atoms with E-state index in [0.717, 1.165) is 10.9 Å². The number of rotatable bonds is 5. The number of hydrogen-bond donors (Lipinski definition) is 1. The molecule has 0 aromatic carbocycles. The first-order chi connectivity index (χ1) is 7.13. The van der Waals surface area contributed by atoms with Gasteiger partial charge in [0, 0.05) is 10.7 Å². The monoisotopic (exact) mass is 272 g/mol. The number of nitrogen functional groups attached to an aromatic ring is 1. The summed E-state index contributed by atoms with van der Waals surface area (Å²) in [4.78, 5) is 4.12. The van der Waals surface area contributed by atoms with E-state index in [1.54, 1.807) is 12.3 Å². The van der Waals surface area contributed by atoms with Crippen molar-refractivity contribution in [1.82, 2.24) is 4.98 Å². The van der Waals surface area contributed by atoms with E-state index in [1.165, 1.54) is 6.42 Å². The van der Waals surface area contributed by atoms with Gasteiger partial charge in [0.25, 0.3) is 0 Å². The first-order valence-corrected chi connectivity index (χ1v) is 5.96. The number of ether oxygens (including phenoxy) is 1.